The summed E-state index contributed by atoms with van der Waals surface area (Å²) in [6.45, 7) is 4.96. The number of hydrogen-bond donors (Lipinski definition) is 1. The Morgan fingerprint density at radius 2 is 1.74 bits per heavy atom. The topological polar surface area (TPSA) is 115 Å². The number of hydrogen-bond acceptors (Lipinski definition) is 9. The van der Waals surface area contributed by atoms with Crippen LogP contribution >= 0.6 is 11.3 Å². The number of aliphatic hydroxyl groups is 1. The zero-order chi connectivity index (χ0) is 29.8. The first-order valence-electron chi connectivity index (χ1n) is 13.6. The Balaban J connectivity index is 1.64. The standard InChI is InChI=1S/C32H30N2O7S/c1-4-6-16-41-22-9-7-8-21(17-22)28(35)26-27(19-10-12-20(13-11-19)31(38)39-3)34(30(37)29(26)36)32-33-24-15-14-23(40-5-2)18-25(24)42-32/h7-15,17-18,27,35H,4-6,16H2,1-3H3. The number of methoxy groups -OCH3 is 1. The van der Waals surface area contributed by atoms with E-state index in [0.29, 0.717) is 52.1 Å². The monoisotopic (exact) mass is 586 g/mol. The lowest BCUT2D eigenvalue weighted by Crippen LogP contribution is -2.29. The van der Waals surface area contributed by atoms with E-state index in [2.05, 4.69) is 11.9 Å². The molecule has 1 amide bonds. The van der Waals surface area contributed by atoms with Gasteiger partial charge in [0.1, 0.15) is 17.3 Å². The molecule has 0 bridgehead atoms. The molecule has 0 aliphatic carbocycles. The molecule has 42 heavy (non-hydrogen) atoms. The first-order valence-corrected chi connectivity index (χ1v) is 14.4. The van der Waals surface area contributed by atoms with Crippen LogP contribution in [0.15, 0.2) is 72.3 Å². The normalized spacial score (nSPS) is 16.2. The average molecular weight is 587 g/mol. The van der Waals surface area contributed by atoms with E-state index in [9.17, 15) is 19.5 Å². The van der Waals surface area contributed by atoms with Crippen LogP contribution in [0.1, 0.15) is 54.2 Å². The summed E-state index contributed by atoms with van der Waals surface area (Å²) in [6.07, 6.45) is 1.84. The number of aromatic nitrogens is 1. The van der Waals surface area contributed by atoms with Gasteiger partial charge in [-0.15, -0.1) is 0 Å². The van der Waals surface area contributed by atoms with Crippen LogP contribution in [0.4, 0.5) is 5.13 Å². The average Bonchev–Trinajstić information content (AvgIpc) is 3.54. The third-order valence-corrected chi connectivity index (χ3v) is 7.85. The third-order valence-electron chi connectivity index (χ3n) is 6.83. The van der Waals surface area contributed by atoms with Crippen LogP contribution in [-0.4, -0.2) is 48.1 Å². The molecule has 1 saturated heterocycles. The number of anilines is 1. The Hall–Kier alpha value is -4.70. The first-order chi connectivity index (χ1) is 20.4. The van der Waals surface area contributed by atoms with Gasteiger partial charge < -0.3 is 19.3 Å². The highest BCUT2D eigenvalue weighted by Crippen LogP contribution is 2.45. The molecule has 1 unspecified atom stereocenters. The lowest BCUT2D eigenvalue weighted by molar-refractivity contribution is -0.132. The van der Waals surface area contributed by atoms with E-state index in [1.807, 2.05) is 13.0 Å². The van der Waals surface area contributed by atoms with Crippen LogP contribution in [0.5, 0.6) is 11.5 Å². The van der Waals surface area contributed by atoms with Gasteiger partial charge in [-0.1, -0.05) is 48.9 Å². The molecule has 1 N–H and O–H groups in total. The largest absolute Gasteiger partial charge is 0.507 e. The predicted molar refractivity (Wildman–Crippen MR) is 160 cm³/mol. The van der Waals surface area contributed by atoms with E-state index in [1.54, 1.807) is 60.7 Å². The van der Waals surface area contributed by atoms with Gasteiger partial charge in [-0.3, -0.25) is 14.5 Å². The van der Waals surface area contributed by atoms with E-state index in [0.717, 1.165) is 17.5 Å². The number of fused-ring (bicyclic) bond motifs is 1. The second-order valence-corrected chi connectivity index (χ2v) is 10.6. The fourth-order valence-electron chi connectivity index (χ4n) is 4.74. The second-order valence-electron chi connectivity index (χ2n) is 9.57. The number of benzene rings is 3. The van der Waals surface area contributed by atoms with Gasteiger partial charge in [0.15, 0.2) is 5.13 Å². The summed E-state index contributed by atoms with van der Waals surface area (Å²) in [4.78, 5) is 45.2. The summed E-state index contributed by atoms with van der Waals surface area (Å²) in [5.74, 6) is -1.32. The summed E-state index contributed by atoms with van der Waals surface area (Å²) in [5, 5.41) is 11.8. The number of carbonyl (C=O) groups excluding carboxylic acids is 3. The van der Waals surface area contributed by atoms with E-state index < -0.39 is 23.7 Å². The molecule has 0 radical (unpaired) electrons. The van der Waals surface area contributed by atoms with Crippen LogP contribution in [0.3, 0.4) is 0 Å². The van der Waals surface area contributed by atoms with E-state index in [4.69, 9.17) is 14.2 Å². The van der Waals surface area contributed by atoms with Crippen molar-refractivity contribution < 1.29 is 33.7 Å². The Kier molecular flexibility index (Phi) is 8.53. The number of nitrogens with zero attached hydrogens (tertiary/aromatic N) is 2. The number of Topliss-reactive ketones (excluding diaryl/α,β-unsaturated/α-hetero) is 1. The van der Waals surface area contributed by atoms with Crippen LogP contribution < -0.4 is 14.4 Å². The van der Waals surface area contributed by atoms with E-state index in [-0.39, 0.29) is 11.3 Å². The summed E-state index contributed by atoms with van der Waals surface area (Å²) in [7, 11) is 1.29. The molecule has 5 rings (SSSR count). The summed E-state index contributed by atoms with van der Waals surface area (Å²) >= 11 is 1.24. The van der Waals surface area contributed by atoms with Gasteiger partial charge in [0.2, 0.25) is 0 Å². The Labute approximate surface area is 247 Å². The number of thiazole rings is 1. The van der Waals surface area contributed by atoms with E-state index in [1.165, 1.54) is 23.3 Å². The summed E-state index contributed by atoms with van der Waals surface area (Å²) in [6, 6.07) is 17.6. The Morgan fingerprint density at radius 3 is 2.45 bits per heavy atom. The van der Waals surface area contributed by atoms with Crippen LogP contribution in [0.25, 0.3) is 16.0 Å². The van der Waals surface area contributed by atoms with Gasteiger partial charge in [0.05, 0.1) is 47.7 Å². The molecule has 1 fully saturated rings. The molecule has 1 aromatic heterocycles. The van der Waals surface area contributed by atoms with Crippen molar-refractivity contribution in [1.29, 1.82) is 0 Å². The zero-order valence-corrected chi connectivity index (χ0v) is 24.3. The van der Waals surface area contributed by atoms with Crippen molar-refractivity contribution in [3.8, 4) is 11.5 Å². The minimum Gasteiger partial charge on any atom is -0.507 e. The highest BCUT2D eigenvalue weighted by Gasteiger charge is 2.48. The Morgan fingerprint density at radius 1 is 0.976 bits per heavy atom. The number of amides is 1. The highest BCUT2D eigenvalue weighted by molar-refractivity contribution is 7.22. The maximum atomic E-state index is 13.6. The predicted octanol–water partition coefficient (Wildman–Crippen LogP) is 6.29. The Bertz CT molecular complexity index is 1680. The van der Waals surface area contributed by atoms with Crippen molar-refractivity contribution in [3.63, 3.8) is 0 Å². The van der Waals surface area contributed by atoms with Gasteiger partial charge in [0, 0.05) is 5.56 Å². The number of ether oxygens (including phenoxy) is 3. The SMILES string of the molecule is CCCCOc1cccc(C(O)=C2C(=O)C(=O)N(c3nc4ccc(OCC)cc4s3)C2c2ccc(C(=O)OC)cc2)c1. The molecular weight excluding hydrogens is 556 g/mol. The van der Waals surface area contributed by atoms with Gasteiger partial charge >= 0.3 is 11.9 Å². The van der Waals surface area contributed by atoms with Crippen molar-refractivity contribution in [2.75, 3.05) is 25.2 Å². The molecule has 10 heteroatoms. The lowest BCUT2D eigenvalue weighted by Gasteiger charge is -2.23. The molecule has 1 aliphatic heterocycles. The van der Waals surface area contributed by atoms with Crippen molar-refractivity contribution in [2.24, 2.45) is 0 Å². The molecule has 0 spiro atoms. The molecule has 1 atom stereocenters. The fraction of sp³-hybridized carbons (Fsp3) is 0.250. The van der Waals surface area contributed by atoms with Crippen molar-refractivity contribution in [3.05, 3.63) is 89.0 Å². The van der Waals surface area contributed by atoms with Crippen LogP contribution in [0, 0.1) is 0 Å². The summed E-state index contributed by atoms with van der Waals surface area (Å²) < 4.78 is 17.0. The molecule has 216 valence electrons. The van der Waals surface area contributed by atoms with Gasteiger partial charge in [-0.05, 0) is 61.4 Å². The van der Waals surface area contributed by atoms with Gasteiger partial charge in [0.25, 0.3) is 5.78 Å². The van der Waals surface area contributed by atoms with Crippen molar-refractivity contribution in [2.45, 2.75) is 32.7 Å². The van der Waals surface area contributed by atoms with Gasteiger partial charge in [-0.2, -0.15) is 0 Å². The lowest BCUT2D eigenvalue weighted by atomic mass is 9.94. The minimum absolute atomic E-state index is 0.0919. The minimum atomic E-state index is -1.01. The number of rotatable bonds is 10. The van der Waals surface area contributed by atoms with Crippen molar-refractivity contribution >= 4 is 50.1 Å². The fourth-order valence-corrected chi connectivity index (χ4v) is 5.76. The smallest absolute Gasteiger partial charge is 0.337 e. The molecule has 1 aliphatic rings. The van der Waals surface area contributed by atoms with Gasteiger partial charge in [-0.25, -0.2) is 9.78 Å². The summed E-state index contributed by atoms with van der Waals surface area (Å²) in [5.41, 5.74) is 1.69. The molecule has 4 aromatic rings. The number of unbranched alkanes of at least 4 members (excludes halogenated alkanes) is 1. The van der Waals surface area contributed by atoms with Crippen molar-refractivity contribution in [1.82, 2.24) is 4.98 Å². The van der Waals surface area contributed by atoms with Crippen LogP contribution in [-0.2, 0) is 14.3 Å². The number of esters is 1. The maximum Gasteiger partial charge on any atom is 0.337 e. The number of carbonyl (C=O) groups is 3. The number of aliphatic hydroxyl groups excluding tert-OH is 1. The van der Waals surface area contributed by atoms with Crippen LogP contribution in [0.2, 0.25) is 0 Å². The molecule has 9 nitrogen and oxygen atoms in total. The second kappa shape index (κ2) is 12.4. The first kappa shape index (κ1) is 28.8. The number of ketones is 1. The van der Waals surface area contributed by atoms with E-state index >= 15 is 0 Å². The molecule has 3 aromatic carbocycles. The molecule has 0 saturated carbocycles. The zero-order valence-electron chi connectivity index (χ0n) is 23.5. The molecule has 2 heterocycles. The molecular formula is C32H30N2O7S. The third kappa shape index (κ3) is 5.58. The maximum absolute atomic E-state index is 13.6. The quantitative estimate of drug-likeness (QED) is 0.0758. The highest BCUT2D eigenvalue weighted by atomic mass is 32.1.